The van der Waals surface area contributed by atoms with Gasteiger partial charge in [-0.25, -0.2) is 0 Å². The minimum Gasteiger partial charge on any atom is -0.106 e. The van der Waals surface area contributed by atoms with Crippen molar-refractivity contribution in [3.8, 4) is 0 Å². The molecule has 0 spiro atoms. The molecule has 0 atom stereocenters. The molecule has 0 nitrogen and oxygen atoms in total. The maximum atomic E-state index is 3.00. The Labute approximate surface area is 82.3 Å². The third-order valence-electron chi connectivity index (χ3n) is 2.12. The minimum atomic E-state index is 1.16. The Bertz CT molecular complexity index is 248. The molecule has 0 aliphatic heterocycles. The fourth-order valence-electron chi connectivity index (χ4n) is 1.43. The quantitative estimate of drug-likeness (QED) is 0.599. The zero-order valence-corrected chi connectivity index (χ0v) is 9.06. The molecule has 0 saturated heterocycles. The first kappa shape index (κ1) is 12.0. The maximum absolute atomic E-state index is 3.00. The van der Waals surface area contributed by atoms with Crippen LogP contribution in [0.1, 0.15) is 30.5 Å². The zero-order valence-electron chi connectivity index (χ0n) is 9.06. The molecule has 0 aliphatic rings. The van der Waals surface area contributed by atoms with Gasteiger partial charge in [0.2, 0.25) is 0 Å². The summed E-state index contributed by atoms with van der Waals surface area (Å²) in [5.74, 6) is 0. The number of hydrogen-bond donors (Lipinski definition) is 0. The van der Waals surface area contributed by atoms with Crippen LogP contribution in [0.4, 0.5) is 0 Å². The van der Waals surface area contributed by atoms with Gasteiger partial charge in [-0.15, -0.1) is 13.2 Å². The first-order chi connectivity index (χ1) is 6.27. The Kier molecular flexibility index (Phi) is 5.96. The standard InChI is InChI=1S/C11H16.C2H4/c1-4-10-7-6-9(3)8-11(10)5-2;1-2/h6-8H,4-5H2,1-3H3;1-2H2. The van der Waals surface area contributed by atoms with Crippen molar-refractivity contribution in [2.24, 2.45) is 0 Å². The summed E-state index contributed by atoms with van der Waals surface area (Å²) in [5.41, 5.74) is 4.38. The second-order valence-electron chi connectivity index (χ2n) is 2.98. The highest BCUT2D eigenvalue weighted by atomic mass is 14.0. The van der Waals surface area contributed by atoms with Crippen LogP contribution in [0.25, 0.3) is 0 Å². The van der Waals surface area contributed by atoms with Crippen molar-refractivity contribution in [2.75, 3.05) is 0 Å². The fraction of sp³-hybridized carbons (Fsp3) is 0.385. The van der Waals surface area contributed by atoms with E-state index in [0.29, 0.717) is 0 Å². The largest absolute Gasteiger partial charge is 0.106 e. The molecule has 0 aromatic heterocycles. The van der Waals surface area contributed by atoms with Crippen molar-refractivity contribution in [3.05, 3.63) is 48.0 Å². The highest BCUT2D eigenvalue weighted by Crippen LogP contribution is 2.12. The van der Waals surface area contributed by atoms with E-state index in [1.54, 1.807) is 0 Å². The highest BCUT2D eigenvalue weighted by Gasteiger charge is 1.96. The van der Waals surface area contributed by atoms with E-state index in [1.807, 2.05) is 0 Å². The van der Waals surface area contributed by atoms with E-state index in [1.165, 1.54) is 16.7 Å². The van der Waals surface area contributed by atoms with Crippen molar-refractivity contribution < 1.29 is 0 Å². The molecule has 1 rings (SSSR count). The molecule has 0 fully saturated rings. The Morgan fingerprint density at radius 3 is 2.00 bits per heavy atom. The topological polar surface area (TPSA) is 0 Å². The van der Waals surface area contributed by atoms with Gasteiger partial charge in [0.1, 0.15) is 0 Å². The van der Waals surface area contributed by atoms with Crippen LogP contribution in [0.3, 0.4) is 0 Å². The lowest BCUT2D eigenvalue weighted by Gasteiger charge is -2.05. The molecule has 13 heavy (non-hydrogen) atoms. The average Bonchev–Trinajstić information content (AvgIpc) is 2.20. The van der Waals surface area contributed by atoms with E-state index in [4.69, 9.17) is 0 Å². The smallest absolute Gasteiger partial charge is 0.0305 e. The highest BCUT2D eigenvalue weighted by molar-refractivity contribution is 5.31. The molecule has 1 aromatic rings. The third kappa shape index (κ3) is 3.45. The summed E-state index contributed by atoms with van der Waals surface area (Å²) in [4.78, 5) is 0. The van der Waals surface area contributed by atoms with Crippen molar-refractivity contribution in [1.29, 1.82) is 0 Å². The summed E-state index contributed by atoms with van der Waals surface area (Å²) in [6.45, 7) is 12.6. The Hall–Kier alpha value is -1.04. The van der Waals surface area contributed by atoms with E-state index in [0.717, 1.165) is 12.8 Å². The van der Waals surface area contributed by atoms with Gasteiger partial charge in [-0.05, 0) is 30.9 Å². The Morgan fingerprint density at radius 1 is 1.00 bits per heavy atom. The van der Waals surface area contributed by atoms with Crippen molar-refractivity contribution in [2.45, 2.75) is 33.6 Å². The van der Waals surface area contributed by atoms with E-state index >= 15 is 0 Å². The number of benzene rings is 1. The van der Waals surface area contributed by atoms with Gasteiger partial charge < -0.3 is 0 Å². The van der Waals surface area contributed by atoms with Crippen LogP contribution in [-0.4, -0.2) is 0 Å². The minimum absolute atomic E-state index is 1.16. The lowest BCUT2D eigenvalue weighted by atomic mass is 10.0. The van der Waals surface area contributed by atoms with Gasteiger partial charge in [-0.2, -0.15) is 0 Å². The average molecular weight is 176 g/mol. The lowest BCUT2D eigenvalue weighted by Crippen LogP contribution is -1.90. The normalized spacial score (nSPS) is 8.85. The molecule has 0 aliphatic carbocycles. The van der Waals surface area contributed by atoms with Crippen LogP contribution in [-0.2, 0) is 12.8 Å². The van der Waals surface area contributed by atoms with Gasteiger partial charge in [-0.3, -0.25) is 0 Å². The SMILES string of the molecule is C=C.CCc1ccc(C)cc1CC. The summed E-state index contributed by atoms with van der Waals surface area (Å²) >= 11 is 0. The molecule has 0 radical (unpaired) electrons. The molecule has 1 aromatic carbocycles. The van der Waals surface area contributed by atoms with Gasteiger partial charge >= 0.3 is 0 Å². The monoisotopic (exact) mass is 176 g/mol. The fourth-order valence-corrected chi connectivity index (χ4v) is 1.43. The summed E-state index contributed by atoms with van der Waals surface area (Å²) in [6.07, 6.45) is 2.31. The molecule has 0 amide bonds. The van der Waals surface area contributed by atoms with Gasteiger partial charge in [0.15, 0.2) is 0 Å². The second-order valence-corrected chi connectivity index (χ2v) is 2.98. The third-order valence-corrected chi connectivity index (χ3v) is 2.12. The van der Waals surface area contributed by atoms with E-state index in [9.17, 15) is 0 Å². The van der Waals surface area contributed by atoms with Crippen LogP contribution >= 0.6 is 0 Å². The number of aryl methyl sites for hydroxylation is 3. The predicted molar refractivity (Wildman–Crippen MR) is 61.2 cm³/mol. The summed E-state index contributed by atoms with van der Waals surface area (Å²) in [7, 11) is 0. The van der Waals surface area contributed by atoms with Gasteiger partial charge in [0.25, 0.3) is 0 Å². The summed E-state index contributed by atoms with van der Waals surface area (Å²) in [5, 5.41) is 0. The van der Waals surface area contributed by atoms with Crippen LogP contribution in [0.2, 0.25) is 0 Å². The first-order valence-electron chi connectivity index (χ1n) is 4.86. The second kappa shape index (κ2) is 6.47. The number of hydrogen-bond acceptors (Lipinski definition) is 0. The van der Waals surface area contributed by atoms with E-state index < -0.39 is 0 Å². The molecule has 0 heterocycles. The summed E-state index contributed by atoms with van der Waals surface area (Å²) < 4.78 is 0. The predicted octanol–water partition coefficient (Wildman–Crippen LogP) is 3.92. The molecular formula is C13H20. The van der Waals surface area contributed by atoms with E-state index in [-0.39, 0.29) is 0 Å². The molecule has 0 bridgehead atoms. The molecule has 0 unspecified atom stereocenters. The number of rotatable bonds is 2. The first-order valence-corrected chi connectivity index (χ1v) is 4.86. The van der Waals surface area contributed by atoms with Crippen LogP contribution in [0.5, 0.6) is 0 Å². The molecule has 0 heteroatoms. The molecule has 0 N–H and O–H groups in total. The molecule has 0 saturated carbocycles. The van der Waals surface area contributed by atoms with Crippen molar-refractivity contribution in [1.82, 2.24) is 0 Å². The van der Waals surface area contributed by atoms with Crippen LogP contribution in [0.15, 0.2) is 31.4 Å². The van der Waals surface area contributed by atoms with Crippen LogP contribution < -0.4 is 0 Å². The Morgan fingerprint density at radius 2 is 1.54 bits per heavy atom. The van der Waals surface area contributed by atoms with Crippen LogP contribution in [0, 0.1) is 6.92 Å². The molecular weight excluding hydrogens is 156 g/mol. The van der Waals surface area contributed by atoms with Crippen molar-refractivity contribution in [3.63, 3.8) is 0 Å². The Balaban J connectivity index is 0.000000671. The summed E-state index contributed by atoms with van der Waals surface area (Å²) in [6, 6.07) is 6.73. The van der Waals surface area contributed by atoms with E-state index in [2.05, 4.69) is 52.1 Å². The van der Waals surface area contributed by atoms with Crippen molar-refractivity contribution >= 4 is 0 Å². The lowest BCUT2D eigenvalue weighted by molar-refractivity contribution is 1.03. The molecule has 72 valence electrons. The van der Waals surface area contributed by atoms with Gasteiger partial charge in [0, 0.05) is 0 Å². The van der Waals surface area contributed by atoms with Gasteiger partial charge in [0.05, 0.1) is 0 Å². The zero-order chi connectivity index (χ0) is 10.3. The van der Waals surface area contributed by atoms with Gasteiger partial charge in [-0.1, -0.05) is 37.6 Å². The maximum Gasteiger partial charge on any atom is -0.0305 e.